The molecule has 1 aromatic carbocycles. The lowest BCUT2D eigenvalue weighted by Gasteiger charge is -2.22. The Morgan fingerprint density at radius 2 is 1.96 bits per heavy atom. The molecular formula is C20H24N6O. The first-order chi connectivity index (χ1) is 13.3. The summed E-state index contributed by atoms with van der Waals surface area (Å²) in [6.07, 6.45) is 5.79. The van der Waals surface area contributed by atoms with Crippen LogP contribution < -0.4 is 10.6 Å². The van der Waals surface area contributed by atoms with E-state index in [1.807, 2.05) is 43.5 Å². The van der Waals surface area contributed by atoms with Crippen LogP contribution in [0.4, 0.5) is 17.3 Å². The molecule has 1 saturated heterocycles. The van der Waals surface area contributed by atoms with Gasteiger partial charge in [-0.2, -0.15) is 4.98 Å². The third-order valence-electron chi connectivity index (χ3n) is 4.78. The van der Waals surface area contributed by atoms with E-state index < -0.39 is 0 Å². The predicted molar refractivity (Wildman–Crippen MR) is 106 cm³/mol. The molecule has 4 rings (SSSR count). The van der Waals surface area contributed by atoms with Crippen molar-refractivity contribution in [3.8, 4) is 5.69 Å². The van der Waals surface area contributed by atoms with E-state index in [0.29, 0.717) is 11.9 Å². The number of nitrogens with one attached hydrogen (secondary N) is 2. The summed E-state index contributed by atoms with van der Waals surface area (Å²) in [5.74, 6) is 1.20. The van der Waals surface area contributed by atoms with Gasteiger partial charge in [0.2, 0.25) is 5.95 Å². The molecule has 0 atom stereocenters. The van der Waals surface area contributed by atoms with Gasteiger partial charge in [0.1, 0.15) is 6.33 Å². The van der Waals surface area contributed by atoms with E-state index in [4.69, 9.17) is 4.74 Å². The second-order valence-electron chi connectivity index (χ2n) is 6.77. The van der Waals surface area contributed by atoms with Crippen molar-refractivity contribution in [2.75, 3.05) is 30.4 Å². The van der Waals surface area contributed by atoms with Gasteiger partial charge in [0.25, 0.3) is 0 Å². The van der Waals surface area contributed by atoms with Crippen molar-refractivity contribution < 1.29 is 4.74 Å². The van der Waals surface area contributed by atoms with Crippen molar-refractivity contribution in [3.63, 3.8) is 0 Å². The lowest BCUT2D eigenvalue weighted by molar-refractivity contribution is 0.0699. The number of pyridine rings is 1. The van der Waals surface area contributed by atoms with Crippen LogP contribution in [0.2, 0.25) is 0 Å². The SMILES string of the molecule is Cc1ncc(NCC2CCOCC2)cc1Nc1ncn(-c2ccccc2)n1. The highest BCUT2D eigenvalue weighted by molar-refractivity contribution is 5.62. The number of para-hydroxylation sites is 1. The zero-order valence-electron chi connectivity index (χ0n) is 15.4. The van der Waals surface area contributed by atoms with Crippen LogP contribution in [0.1, 0.15) is 18.5 Å². The van der Waals surface area contributed by atoms with E-state index in [-0.39, 0.29) is 0 Å². The molecule has 3 heterocycles. The molecule has 7 nitrogen and oxygen atoms in total. The van der Waals surface area contributed by atoms with Crippen LogP contribution in [0, 0.1) is 12.8 Å². The van der Waals surface area contributed by atoms with Gasteiger partial charge in [-0.3, -0.25) is 4.98 Å². The number of anilines is 3. The Balaban J connectivity index is 1.43. The average Bonchev–Trinajstić information content (AvgIpc) is 3.19. The van der Waals surface area contributed by atoms with Crippen molar-refractivity contribution in [1.82, 2.24) is 19.7 Å². The third-order valence-corrected chi connectivity index (χ3v) is 4.78. The van der Waals surface area contributed by atoms with Crippen LogP contribution in [-0.4, -0.2) is 39.5 Å². The molecule has 1 aliphatic heterocycles. The Morgan fingerprint density at radius 3 is 2.78 bits per heavy atom. The van der Waals surface area contributed by atoms with Crippen LogP contribution in [0.5, 0.6) is 0 Å². The van der Waals surface area contributed by atoms with Gasteiger partial charge in [-0.15, -0.1) is 5.10 Å². The fourth-order valence-electron chi connectivity index (χ4n) is 3.11. The van der Waals surface area contributed by atoms with Gasteiger partial charge >= 0.3 is 0 Å². The number of nitrogens with zero attached hydrogens (tertiary/aromatic N) is 4. The number of aryl methyl sites for hydroxylation is 1. The highest BCUT2D eigenvalue weighted by Crippen LogP contribution is 2.22. The van der Waals surface area contributed by atoms with Gasteiger partial charge in [-0.25, -0.2) is 4.68 Å². The Kier molecular flexibility index (Phi) is 5.29. The molecule has 7 heteroatoms. The van der Waals surface area contributed by atoms with Crippen molar-refractivity contribution in [2.45, 2.75) is 19.8 Å². The van der Waals surface area contributed by atoms with Crippen molar-refractivity contribution in [2.24, 2.45) is 5.92 Å². The average molecular weight is 364 g/mol. The van der Waals surface area contributed by atoms with E-state index in [2.05, 4.69) is 31.8 Å². The minimum Gasteiger partial charge on any atom is -0.383 e. The molecule has 0 aliphatic carbocycles. The Morgan fingerprint density at radius 1 is 1.15 bits per heavy atom. The third kappa shape index (κ3) is 4.43. The molecule has 1 fully saturated rings. The molecule has 1 aliphatic rings. The maximum atomic E-state index is 5.42. The molecule has 0 saturated carbocycles. The standard InChI is InChI=1S/C20H24N6O/c1-15-19(11-17(13-21-15)22-12-16-7-9-27-10-8-16)24-20-23-14-26(25-20)18-5-3-2-4-6-18/h2-6,11,13-14,16,22H,7-10,12H2,1H3,(H,24,25). The number of benzene rings is 1. The fourth-order valence-corrected chi connectivity index (χ4v) is 3.11. The molecule has 3 aromatic rings. The fraction of sp³-hybridized carbons (Fsp3) is 0.350. The van der Waals surface area contributed by atoms with Crippen LogP contribution in [-0.2, 0) is 4.74 Å². The van der Waals surface area contributed by atoms with E-state index in [1.54, 1.807) is 11.0 Å². The maximum absolute atomic E-state index is 5.42. The van der Waals surface area contributed by atoms with Crippen molar-refractivity contribution >= 4 is 17.3 Å². The molecule has 2 N–H and O–H groups in total. The van der Waals surface area contributed by atoms with Crippen molar-refractivity contribution in [3.05, 3.63) is 54.6 Å². The summed E-state index contributed by atoms with van der Waals surface area (Å²) >= 11 is 0. The molecule has 2 aromatic heterocycles. The molecule has 0 unspecified atom stereocenters. The molecule has 0 radical (unpaired) electrons. The van der Waals surface area contributed by atoms with Crippen LogP contribution in [0.15, 0.2) is 48.9 Å². The smallest absolute Gasteiger partial charge is 0.247 e. The first kappa shape index (κ1) is 17.5. The van der Waals surface area contributed by atoms with Crippen LogP contribution in [0.3, 0.4) is 0 Å². The molecule has 140 valence electrons. The van der Waals surface area contributed by atoms with Gasteiger partial charge in [-0.1, -0.05) is 18.2 Å². The Bertz CT molecular complexity index is 873. The summed E-state index contributed by atoms with van der Waals surface area (Å²) in [5, 5.41) is 11.3. The maximum Gasteiger partial charge on any atom is 0.247 e. The van der Waals surface area contributed by atoms with Gasteiger partial charge in [0.15, 0.2) is 0 Å². The molecular weight excluding hydrogens is 340 g/mol. The summed E-state index contributed by atoms with van der Waals surface area (Å²) in [4.78, 5) is 8.85. The topological polar surface area (TPSA) is 76.9 Å². The normalized spacial score (nSPS) is 14.9. The quantitative estimate of drug-likeness (QED) is 0.696. The van der Waals surface area contributed by atoms with Gasteiger partial charge < -0.3 is 15.4 Å². The largest absolute Gasteiger partial charge is 0.383 e. The second kappa shape index (κ2) is 8.18. The number of hydrogen-bond donors (Lipinski definition) is 2. The first-order valence-electron chi connectivity index (χ1n) is 9.30. The first-order valence-corrected chi connectivity index (χ1v) is 9.30. The zero-order valence-corrected chi connectivity index (χ0v) is 15.4. The lowest BCUT2D eigenvalue weighted by atomic mass is 10.0. The summed E-state index contributed by atoms with van der Waals surface area (Å²) in [5.41, 5.74) is 3.78. The van der Waals surface area contributed by atoms with Crippen LogP contribution in [0.25, 0.3) is 5.69 Å². The van der Waals surface area contributed by atoms with Gasteiger partial charge in [0, 0.05) is 19.8 Å². The Hall–Kier alpha value is -2.93. The monoisotopic (exact) mass is 364 g/mol. The van der Waals surface area contributed by atoms with Crippen LogP contribution >= 0.6 is 0 Å². The summed E-state index contributed by atoms with van der Waals surface area (Å²) in [7, 11) is 0. The second-order valence-corrected chi connectivity index (χ2v) is 6.77. The molecule has 0 spiro atoms. The lowest BCUT2D eigenvalue weighted by Crippen LogP contribution is -2.22. The minimum atomic E-state index is 0.547. The molecule has 0 amide bonds. The summed E-state index contributed by atoms with van der Waals surface area (Å²) in [6.45, 7) is 4.63. The van der Waals surface area contributed by atoms with E-state index in [0.717, 1.165) is 55.4 Å². The van der Waals surface area contributed by atoms with Crippen molar-refractivity contribution in [1.29, 1.82) is 0 Å². The molecule has 0 bridgehead atoms. The number of hydrogen-bond acceptors (Lipinski definition) is 6. The molecule has 27 heavy (non-hydrogen) atoms. The van der Waals surface area contributed by atoms with E-state index >= 15 is 0 Å². The predicted octanol–water partition coefficient (Wildman–Crippen LogP) is 3.55. The number of aromatic nitrogens is 4. The van der Waals surface area contributed by atoms with E-state index in [1.165, 1.54) is 0 Å². The van der Waals surface area contributed by atoms with Gasteiger partial charge in [0.05, 0.1) is 29.0 Å². The number of ether oxygens (including phenoxy) is 1. The summed E-state index contributed by atoms with van der Waals surface area (Å²) < 4.78 is 7.17. The van der Waals surface area contributed by atoms with Gasteiger partial charge in [-0.05, 0) is 43.9 Å². The number of rotatable bonds is 6. The summed E-state index contributed by atoms with van der Waals surface area (Å²) in [6, 6.07) is 12.0. The highest BCUT2D eigenvalue weighted by Gasteiger charge is 2.14. The zero-order chi connectivity index (χ0) is 18.5. The Labute approximate surface area is 158 Å². The van der Waals surface area contributed by atoms with E-state index in [9.17, 15) is 0 Å². The highest BCUT2D eigenvalue weighted by atomic mass is 16.5. The minimum absolute atomic E-state index is 0.547.